The lowest BCUT2D eigenvalue weighted by atomic mass is 10.1. The number of amides is 1. The van der Waals surface area contributed by atoms with Gasteiger partial charge in [-0.3, -0.25) is 4.79 Å². The van der Waals surface area contributed by atoms with Gasteiger partial charge in [0.05, 0.1) is 0 Å². The predicted molar refractivity (Wildman–Crippen MR) is 104 cm³/mol. The van der Waals surface area contributed by atoms with E-state index in [4.69, 9.17) is 0 Å². The van der Waals surface area contributed by atoms with Crippen LogP contribution >= 0.6 is 15.9 Å². The normalized spacial score (nSPS) is 11.8. The molecule has 0 fully saturated rings. The molecule has 0 N–H and O–H groups in total. The van der Waals surface area contributed by atoms with Gasteiger partial charge in [-0.05, 0) is 43.5 Å². The van der Waals surface area contributed by atoms with Gasteiger partial charge in [-0.2, -0.15) is 18.2 Å². The lowest BCUT2D eigenvalue weighted by molar-refractivity contribution is -0.144. The van der Waals surface area contributed by atoms with Crippen molar-refractivity contribution in [2.24, 2.45) is 0 Å². The Labute approximate surface area is 173 Å². The third-order valence-corrected chi connectivity index (χ3v) is 5.18. The minimum absolute atomic E-state index is 0.0682. The average Bonchev–Trinajstić information content (AvgIpc) is 3.07. The number of fused-ring (bicyclic) bond motifs is 1. The maximum Gasteiger partial charge on any atom is 0.453 e. The van der Waals surface area contributed by atoms with Crippen LogP contribution in [0, 0.1) is 13.8 Å². The largest absolute Gasteiger partial charge is 0.453 e. The van der Waals surface area contributed by atoms with Crippen LogP contribution in [-0.4, -0.2) is 37.4 Å². The predicted octanol–water partition coefficient (Wildman–Crippen LogP) is 4.11. The fourth-order valence-electron chi connectivity index (χ4n) is 3.06. The Bertz CT molecular complexity index is 1050. The van der Waals surface area contributed by atoms with E-state index < -0.39 is 12.0 Å². The number of aromatic nitrogens is 4. The van der Waals surface area contributed by atoms with E-state index in [1.807, 2.05) is 24.3 Å². The summed E-state index contributed by atoms with van der Waals surface area (Å²) in [6.07, 6.45) is -4.08. The molecular weight excluding hydrogens is 451 g/mol. The summed E-state index contributed by atoms with van der Waals surface area (Å²) < 4.78 is 40.7. The molecule has 0 unspecified atom stereocenters. The van der Waals surface area contributed by atoms with Gasteiger partial charge in [0.2, 0.25) is 5.91 Å². The molecule has 0 aliphatic carbocycles. The highest BCUT2D eigenvalue weighted by Gasteiger charge is 2.37. The van der Waals surface area contributed by atoms with E-state index in [-0.39, 0.29) is 18.1 Å². The van der Waals surface area contributed by atoms with Crippen molar-refractivity contribution < 1.29 is 18.0 Å². The summed E-state index contributed by atoms with van der Waals surface area (Å²) in [5.74, 6) is -1.40. The second-order valence-corrected chi connectivity index (χ2v) is 7.70. The minimum Gasteiger partial charge on any atom is -0.341 e. The summed E-state index contributed by atoms with van der Waals surface area (Å²) in [5.41, 5.74) is 2.74. The number of carbonyl (C=O) groups is 1. The Morgan fingerprint density at radius 3 is 2.45 bits per heavy atom. The first kappa shape index (κ1) is 21.2. The second kappa shape index (κ2) is 8.10. The number of aryl methyl sites for hydroxylation is 2. The van der Waals surface area contributed by atoms with Gasteiger partial charge in [-0.25, -0.2) is 9.50 Å². The van der Waals surface area contributed by atoms with E-state index in [9.17, 15) is 18.0 Å². The Hall–Kier alpha value is -2.49. The van der Waals surface area contributed by atoms with Crippen molar-refractivity contribution in [2.75, 3.05) is 7.05 Å². The summed E-state index contributed by atoms with van der Waals surface area (Å²) >= 11 is 3.37. The van der Waals surface area contributed by atoms with Crippen LogP contribution in [0.25, 0.3) is 5.78 Å². The second-order valence-electron chi connectivity index (χ2n) is 6.78. The number of rotatable bonds is 5. The molecule has 1 aromatic carbocycles. The summed E-state index contributed by atoms with van der Waals surface area (Å²) in [7, 11) is 1.72. The maximum absolute atomic E-state index is 12.9. The van der Waals surface area contributed by atoms with E-state index in [1.165, 1.54) is 0 Å². The van der Waals surface area contributed by atoms with Crippen LogP contribution in [0.2, 0.25) is 0 Å². The SMILES string of the molecule is Cc1nc2nc(C(F)(F)F)nn2c(C)c1CCC(=O)N(C)Cc1ccc(Br)cc1. The van der Waals surface area contributed by atoms with E-state index in [0.717, 1.165) is 14.6 Å². The zero-order chi connectivity index (χ0) is 21.3. The monoisotopic (exact) mass is 469 g/mol. The first-order chi connectivity index (χ1) is 13.6. The van der Waals surface area contributed by atoms with Crippen LogP contribution < -0.4 is 0 Å². The molecule has 154 valence electrons. The highest BCUT2D eigenvalue weighted by molar-refractivity contribution is 9.10. The molecule has 0 saturated carbocycles. The zero-order valence-corrected chi connectivity index (χ0v) is 17.7. The highest BCUT2D eigenvalue weighted by atomic mass is 79.9. The van der Waals surface area contributed by atoms with Crippen LogP contribution in [0.5, 0.6) is 0 Å². The van der Waals surface area contributed by atoms with Crippen LogP contribution in [0.15, 0.2) is 28.7 Å². The molecule has 6 nitrogen and oxygen atoms in total. The number of benzene rings is 1. The molecule has 0 aliphatic rings. The molecule has 0 bridgehead atoms. The number of hydrogen-bond donors (Lipinski definition) is 0. The Morgan fingerprint density at radius 1 is 1.17 bits per heavy atom. The third-order valence-electron chi connectivity index (χ3n) is 4.65. The molecular formula is C19H19BrF3N5O. The van der Waals surface area contributed by atoms with Gasteiger partial charge in [0.1, 0.15) is 0 Å². The standard InChI is InChI=1S/C19H19BrF3N5O/c1-11-15(12(2)28-18(24-11)25-17(26-28)19(21,22)23)8-9-16(29)27(3)10-13-4-6-14(20)7-5-13/h4-7H,8-10H2,1-3H3. The summed E-state index contributed by atoms with van der Waals surface area (Å²) in [5, 5.41) is 3.53. The fraction of sp³-hybridized carbons (Fsp3) is 0.368. The maximum atomic E-state index is 12.9. The van der Waals surface area contributed by atoms with Gasteiger partial charge >= 0.3 is 6.18 Å². The van der Waals surface area contributed by atoms with E-state index in [2.05, 4.69) is 31.0 Å². The number of carbonyl (C=O) groups excluding carboxylic acids is 1. The van der Waals surface area contributed by atoms with Crippen molar-refractivity contribution >= 4 is 27.6 Å². The Morgan fingerprint density at radius 2 is 1.83 bits per heavy atom. The molecule has 29 heavy (non-hydrogen) atoms. The van der Waals surface area contributed by atoms with Crippen molar-refractivity contribution in [1.82, 2.24) is 24.5 Å². The minimum atomic E-state index is -4.64. The number of halogens is 4. The third kappa shape index (κ3) is 4.75. The smallest absolute Gasteiger partial charge is 0.341 e. The lowest BCUT2D eigenvalue weighted by Gasteiger charge is -2.18. The van der Waals surface area contributed by atoms with Gasteiger partial charge in [0.15, 0.2) is 0 Å². The zero-order valence-electron chi connectivity index (χ0n) is 16.1. The van der Waals surface area contributed by atoms with E-state index in [0.29, 0.717) is 29.9 Å². The molecule has 2 aromatic heterocycles. The molecule has 0 spiro atoms. The average molecular weight is 470 g/mol. The molecule has 3 rings (SSSR count). The van der Waals surface area contributed by atoms with Crippen molar-refractivity contribution in [3.63, 3.8) is 0 Å². The van der Waals surface area contributed by atoms with Gasteiger partial charge < -0.3 is 4.90 Å². The van der Waals surface area contributed by atoms with Crippen molar-refractivity contribution in [3.05, 3.63) is 57.1 Å². The number of hydrogen-bond acceptors (Lipinski definition) is 4. The topological polar surface area (TPSA) is 63.4 Å². The quantitative estimate of drug-likeness (QED) is 0.563. The number of nitrogens with zero attached hydrogens (tertiary/aromatic N) is 5. The molecule has 10 heteroatoms. The summed E-state index contributed by atoms with van der Waals surface area (Å²) in [4.78, 5) is 21.7. The first-order valence-electron chi connectivity index (χ1n) is 8.84. The summed E-state index contributed by atoms with van der Waals surface area (Å²) in [6, 6.07) is 7.69. The summed E-state index contributed by atoms with van der Waals surface area (Å²) in [6.45, 7) is 3.82. The fourth-order valence-corrected chi connectivity index (χ4v) is 3.33. The van der Waals surface area contributed by atoms with Gasteiger partial charge in [-0.1, -0.05) is 28.1 Å². The van der Waals surface area contributed by atoms with Crippen LogP contribution in [0.1, 0.15) is 34.8 Å². The van der Waals surface area contributed by atoms with Gasteiger partial charge in [-0.15, -0.1) is 5.10 Å². The van der Waals surface area contributed by atoms with Crippen molar-refractivity contribution in [1.29, 1.82) is 0 Å². The molecule has 0 saturated heterocycles. The van der Waals surface area contributed by atoms with Gasteiger partial charge in [0.25, 0.3) is 11.6 Å². The van der Waals surface area contributed by atoms with Crippen molar-refractivity contribution in [2.45, 2.75) is 39.4 Å². The lowest BCUT2D eigenvalue weighted by Crippen LogP contribution is -2.26. The molecule has 0 atom stereocenters. The Balaban J connectivity index is 1.74. The Kier molecular flexibility index (Phi) is 5.92. The first-order valence-corrected chi connectivity index (χ1v) is 9.64. The molecule has 3 aromatic rings. The number of alkyl halides is 3. The van der Waals surface area contributed by atoms with Crippen LogP contribution in [-0.2, 0) is 23.9 Å². The van der Waals surface area contributed by atoms with E-state index in [1.54, 1.807) is 25.8 Å². The highest BCUT2D eigenvalue weighted by Crippen LogP contribution is 2.27. The molecule has 2 heterocycles. The van der Waals surface area contributed by atoms with E-state index >= 15 is 0 Å². The molecule has 1 amide bonds. The van der Waals surface area contributed by atoms with Gasteiger partial charge in [0, 0.05) is 35.9 Å². The van der Waals surface area contributed by atoms with Crippen LogP contribution in [0.3, 0.4) is 0 Å². The van der Waals surface area contributed by atoms with Crippen molar-refractivity contribution in [3.8, 4) is 0 Å². The van der Waals surface area contributed by atoms with Crippen LogP contribution in [0.4, 0.5) is 13.2 Å². The molecule has 0 radical (unpaired) electrons. The molecule has 0 aliphatic heterocycles.